The van der Waals surface area contributed by atoms with Crippen LogP contribution in [0.25, 0.3) is 11.3 Å². The van der Waals surface area contributed by atoms with Gasteiger partial charge in [-0.3, -0.25) is 24.1 Å². The van der Waals surface area contributed by atoms with Gasteiger partial charge in [-0.05, 0) is 76.7 Å². The summed E-state index contributed by atoms with van der Waals surface area (Å²) in [5, 5.41) is 8.27. The number of piperidine rings is 1. The Morgan fingerprint density at radius 2 is 1.79 bits per heavy atom. The molecule has 6 fully saturated rings. The zero-order chi connectivity index (χ0) is 55.4. The Morgan fingerprint density at radius 1 is 1.05 bits per heavy atom. The minimum absolute atomic E-state index is 0.0600. The van der Waals surface area contributed by atoms with Crippen molar-refractivity contribution in [1.29, 1.82) is 0 Å². The maximum Gasteiger partial charge on any atom is 0.356 e. The number of thioether (sulfide) groups is 3. The highest BCUT2D eigenvalue weighted by atomic mass is 32.2. The van der Waals surface area contributed by atoms with Gasteiger partial charge in [0.15, 0.2) is 28.5 Å². The van der Waals surface area contributed by atoms with Gasteiger partial charge in [-0.25, -0.2) is 19.1 Å². The number of thiazole rings is 1. The van der Waals surface area contributed by atoms with Gasteiger partial charge < -0.3 is 35.0 Å². The van der Waals surface area contributed by atoms with E-state index in [9.17, 15) is 28.8 Å². The summed E-state index contributed by atoms with van der Waals surface area (Å²) in [5.41, 5.74) is 4.87. The minimum Gasteiger partial charge on any atom is -0.461 e. The van der Waals surface area contributed by atoms with E-state index in [1.54, 1.807) is 24.8 Å². The van der Waals surface area contributed by atoms with Crippen LogP contribution in [-0.2, 0) is 54.9 Å². The summed E-state index contributed by atoms with van der Waals surface area (Å²) in [6.07, 6.45) is 11.3. The lowest BCUT2D eigenvalue weighted by atomic mass is 9.44. The van der Waals surface area contributed by atoms with Crippen molar-refractivity contribution in [3.05, 3.63) is 59.0 Å². The van der Waals surface area contributed by atoms with Crippen LogP contribution in [0.1, 0.15) is 98.2 Å². The first kappa shape index (κ1) is 56.4. The fourth-order valence-electron chi connectivity index (χ4n) is 13.7. The molecule has 3 aromatic rings. The Kier molecular flexibility index (Phi) is 16.3. The maximum absolute atomic E-state index is 14.6. The molecule has 0 radical (unpaired) electrons. The number of carbonyl (C=O) groups excluding carboxylic acids is 6. The van der Waals surface area contributed by atoms with Gasteiger partial charge in [-0.2, -0.15) is 9.36 Å². The average molecular weight is 1160 g/mol. The maximum atomic E-state index is 14.6. The fourth-order valence-corrected chi connectivity index (χ4v) is 18.7. The smallest absolute Gasteiger partial charge is 0.356 e. The number of rotatable bonds is 17. The number of β-lactam (4-membered cyclic amide) rings is 1. The lowest BCUT2D eigenvalue weighted by molar-refractivity contribution is -0.671. The zero-order valence-corrected chi connectivity index (χ0v) is 49.1. The van der Waals surface area contributed by atoms with Crippen molar-refractivity contribution in [2.24, 2.45) is 46.2 Å². The molecule has 2 amide bonds. The number of pyridine rings is 1. The molecule has 3 aliphatic carbocycles. The summed E-state index contributed by atoms with van der Waals surface area (Å²) < 4.78 is 25.7. The largest absolute Gasteiger partial charge is 0.461 e. The third kappa shape index (κ3) is 10.4. The fraction of sp³-hybridized carbons (Fsp3) is 0.611. The lowest BCUT2D eigenvalue weighted by Crippen LogP contribution is -2.71. The van der Waals surface area contributed by atoms with Gasteiger partial charge in [0.05, 0.1) is 11.4 Å². The molecule has 3 N–H and O–H groups in total. The van der Waals surface area contributed by atoms with Crippen LogP contribution in [0.15, 0.2) is 62.7 Å². The number of aromatic nitrogens is 4. The molecule has 7 aliphatic rings. The molecule has 4 bridgehead atoms. The Hall–Kier alpha value is -4.88. The van der Waals surface area contributed by atoms with Crippen LogP contribution in [0.3, 0.4) is 0 Å². The van der Waals surface area contributed by atoms with Crippen LogP contribution in [-0.4, -0.2) is 138 Å². The van der Waals surface area contributed by atoms with Gasteiger partial charge in [-0.15, -0.1) is 41.4 Å². The first-order chi connectivity index (χ1) is 37.3. The van der Waals surface area contributed by atoms with E-state index in [4.69, 9.17) is 29.8 Å². The molecule has 12 atom stereocenters. The zero-order valence-electron chi connectivity index (χ0n) is 45.0. The van der Waals surface area contributed by atoms with Crippen molar-refractivity contribution in [3.8, 4) is 11.3 Å². The Labute approximate surface area is 475 Å². The molecular weight excluding hydrogens is 1090 g/mol. The van der Waals surface area contributed by atoms with Gasteiger partial charge in [-0.1, -0.05) is 50.7 Å². The monoisotopic (exact) mass is 1160 g/mol. The van der Waals surface area contributed by atoms with Gasteiger partial charge in [0.25, 0.3) is 11.8 Å². The molecular formula is C54H68N9O10S5+. The molecule has 3 saturated carbocycles. The van der Waals surface area contributed by atoms with Crippen molar-refractivity contribution in [3.63, 3.8) is 0 Å². The summed E-state index contributed by atoms with van der Waals surface area (Å²) >= 11 is 6.47. The lowest BCUT2D eigenvalue weighted by Gasteiger charge is -2.62. The van der Waals surface area contributed by atoms with Crippen molar-refractivity contribution in [2.75, 3.05) is 37.5 Å². The average Bonchev–Trinajstić information content (AvgIpc) is 4.09. The molecule has 7 heterocycles. The number of aryl methyl sites for hydroxylation is 1. The first-order valence-electron chi connectivity index (χ1n) is 26.7. The van der Waals surface area contributed by atoms with Crippen molar-refractivity contribution in [2.45, 2.75) is 138 Å². The van der Waals surface area contributed by atoms with Crippen molar-refractivity contribution in [1.82, 2.24) is 29.5 Å². The SMILES string of the molecule is C=C[C@@]1(C)C[C@H](OC(=O)CSC2CC3CCC(C2)N3C)[C@@]2(C)C(C)CCC3(CCC(=O)C32)[C@H](C)[C@H]1OC(=O)COC(=O)C1=C(Sc2nc(-c3cc[n+](C)cc3)cs2)CSC2[C@H](NC(=O)/C(=N/OCC)c3nsc(N)n3)C(=O)N12. The number of Topliss-reactive ketones (excluding diaryl/α,β-unsaturated/α-hetero) is 1. The van der Waals surface area contributed by atoms with Crippen LogP contribution in [0.5, 0.6) is 0 Å². The number of anilines is 1. The summed E-state index contributed by atoms with van der Waals surface area (Å²) in [6.45, 7) is 13.7. The predicted octanol–water partition coefficient (Wildman–Crippen LogP) is 6.57. The second kappa shape index (κ2) is 22.6. The van der Waals surface area contributed by atoms with Gasteiger partial charge in [0.1, 0.15) is 48.8 Å². The van der Waals surface area contributed by atoms with E-state index in [0.717, 1.165) is 48.5 Å². The molecule has 0 spiro atoms. The van der Waals surface area contributed by atoms with E-state index >= 15 is 0 Å². The molecule has 418 valence electrons. The molecule has 24 heteroatoms. The minimum atomic E-state index is -1.10. The third-order valence-corrected chi connectivity index (χ3v) is 23.4. The topological polar surface area (TPSA) is 239 Å². The molecule has 4 aliphatic heterocycles. The number of hydrogen-bond acceptors (Lipinski definition) is 21. The summed E-state index contributed by atoms with van der Waals surface area (Å²) in [5.74, 6) is -3.69. The predicted molar refractivity (Wildman–Crippen MR) is 299 cm³/mol. The number of nitrogens with one attached hydrogen (secondary N) is 1. The number of hydrogen-bond donors (Lipinski definition) is 2. The first-order valence-corrected chi connectivity index (χ1v) is 31.3. The molecule has 3 aromatic heterocycles. The summed E-state index contributed by atoms with van der Waals surface area (Å²) in [6, 6.07) is 3.88. The quantitative estimate of drug-likeness (QED) is 0.0276. The second-order valence-corrected chi connectivity index (χ2v) is 27.7. The van der Waals surface area contributed by atoms with Crippen LogP contribution in [0, 0.1) is 34.0 Å². The molecule has 10 rings (SSSR count). The number of fused-ring (bicyclic) bond motifs is 3. The van der Waals surface area contributed by atoms with Crippen molar-refractivity contribution < 1.29 is 52.4 Å². The van der Waals surface area contributed by atoms with E-state index in [2.05, 4.69) is 59.1 Å². The highest BCUT2D eigenvalue weighted by Crippen LogP contribution is 2.68. The second-order valence-electron chi connectivity index (χ2n) is 22.4. The van der Waals surface area contributed by atoms with Crippen LogP contribution in [0.4, 0.5) is 5.13 Å². The standard InChI is InChI=1S/C54H67N9O10S5/c1-9-52(5)23-37(72-39(66)27-74-33-21-31-11-12-32(22-33)62(31)8)53(6)28(3)13-17-54(18-14-35(64)43(53)54)29(4)44(52)73-38(65)24-70-49(69)42-36(77-51-56-34(25-76-51)30-15-19-61(7)20-16-30)26-75-48-41(47(68)63(42)48)57-46(67)40(59-71-10-2)45-58-50(55)78-60-45/h9,15-16,19-20,25,28-29,31-33,37,41,43-44,48H,1,10-14,17-18,21-24,26-27H2,2-8H3,(H2-,55,57,58,60,67)/p+1/b59-40+/t28?,29-,31?,32?,33?,37+,41-,43?,44-,48?,52+,53-,54?/m1/s1. The number of esters is 3. The highest BCUT2D eigenvalue weighted by molar-refractivity contribution is 8.07. The van der Waals surface area contributed by atoms with Gasteiger partial charge >= 0.3 is 17.9 Å². The number of ether oxygens (including phenoxy) is 3. The van der Waals surface area contributed by atoms with Crippen LogP contribution >= 0.6 is 58.2 Å². The van der Waals surface area contributed by atoms with Crippen LogP contribution < -0.4 is 15.6 Å². The Morgan fingerprint density at radius 3 is 2.49 bits per heavy atom. The summed E-state index contributed by atoms with van der Waals surface area (Å²) in [4.78, 5) is 104. The van der Waals surface area contributed by atoms with Gasteiger partial charge in [0.2, 0.25) is 11.5 Å². The van der Waals surface area contributed by atoms with E-state index in [0.29, 0.717) is 39.4 Å². The molecule has 78 heavy (non-hydrogen) atoms. The van der Waals surface area contributed by atoms with Crippen molar-refractivity contribution >= 4 is 105 Å². The Bertz CT molecular complexity index is 2920. The third-order valence-electron chi connectivity index (χ3n) is 18.1. The van der Waals surface area contributed by atoms with E-state index in [1.807, 2.05) is 48.4 Å². The molecule has 6 unspecified atom stereocenters. The number of nitrogen functional groups attached to an aromatic ring is 1. The normalized spacial score (nSPS) is 33.5. The number of oxime groups is 1. The Balaban J connectivity index is 0.887. The van der Waals surface area contributed by atoms with Gasteiger partial charge in [0, 0.05) is 91.7 Å². The van der Waals surface area contributed by atoms with E-state index in [-0.39, 0.29) is 70.5 Å². The van der Waals surface area contributed by atoms with E-state index < -0.39 is 76.1 Å². The number of carbonyl (C=O) groups is 6. The number of ketones is 1. The highest BCUT2D eigenvalue weighted by Gasteiger charge is 2.69. The van der Waals surface area contributed by atoms with E-state index in [1.165, 1.54) is 52.6 Å². The number of nitrogens with two attached hydrogens (primary N) is 1. The van der Waals surface area contributed by atoms with Crippen LogP contribution in [0.2, 0.25) is 0 Å². The number of nitrogens with zero attached hydrogens (tertiary/aromatic N) is 7. The molecule has 19 nitrogen and oxygen atoms in total. The number of amides is 2. The molecule has 3 saturated heterocycles. The summed E-state index contributed by atoms with van der Waals surface area (Å²) in [7, 11) is 4.13. The molecule has 0 aromatic carbocycles.